The van der Waals surface area contributed by atoms with E-state index in [2.05, 4.69) is 18.4 Å². The molecule has 8 nitrogen and oxygen atoms in total. The van der Waals surface area contributed by atoms with Crippen LogP contribution in [0.3, 0.4) is 0 Å². The normalized spacial score (nSPS) is 13.4. The standard InChI is InChI=1S/C37H73O8P/c1-4-6-8-10-12-14-16-18-20-22-24-26-28-30-32-37(39)45-35(34-44-46(40,41)42-3)33-43-36(38)31-29-27-25-23-21-19-17-15-13-11-9-7-5-2/h35H,4-34H2,1-3H3,(H,40,41). The van der Waals surface area contributed by atoms with Gasteiger partial charge in [-0.25, -0.2) is 4.57 Å². The maximum atomic E-state index is 12.4. The van der Waals surface area contributed by atoms with Crippen LogP contribution in [0.2, 0.25) is 0 Å². The van der Waals surface area contributed by atoms with Crippen molar-refractivity contribution in [1.29, 1.82) is 0 Å². The Kier molecular flexibility index (Phi) is 33.2. The van der Waals surface area contributed by atoms with Gasteiger partial charge in [-0.2, -0.15) is 0 Å². The SMILES string of the molecule is CCCCCCCCCCCCCCCCC(=O)OC(COC(=O)CCCCCCCCCCCCCCC)COP(=O)(O)OC. The lowest BCUT2D eigenvalue weighted by molar-refractivity contribution is -0.161. The summed E-state index contributed by atoms with van der Waals surface area (Å²) in [6, 6.07) is 0. The lowest BCUT2D eigenvalue weighted by Gasteiger charge is -2.19. The molecule has 0 aromatic carbocycles. The minimum absolute atomic E-state index is 0.217. The first-order valence-corrected chi connectivity index (χ1v) is 20.7. The number of unbranched alkanes of at least 4 members (excludes halogenated alkanes) is 25. The topological polar surface area (TPSA) is 108 Å². The molecule has 46 heavy (non-hydrogen) atoms. The molecular weight excluding hydrogens is 603 g/mol. The minimum atomic E-state index is -4.25. The molecule has 0 heterocycles. The average Bonchev–Trinajstić information content (AvgIpc) is 3.04. The monoisotopic (exact) mass is 677 g/mol. The maximum Gasteiger partial charge on any atom is 0.472 e. The molecule has 2 unspecified atom stereocenters. The summed E-state index contributed by atoms with van der Waals surface area (Å²) in [7, 11) is -3.18. The summed E-state index contributed by atoms with van der Waals surface area (Å²) < 4.78 is 31.9. The minimum Gasteiger partial charge on any atom is -0.462 e. The summed E-state index contributed by atoms with van der Waals surface area (Å²) in [5, 5.41) is 0. The first-order valence-electron chi connectivity index (χ1n) is 19.2. The lowest BCUT2D eigenvalue weighted by atomic mass is 10.0. The highest BCUT2D eigenvalue weighted by molar-refractivity contribution is 7.47. The molecule has 0 bridgehead atoms. The van der Waals surface area contributed by atoms with Crippen molar-refractivity contribution in [3.05, 3.63) is 0 Å². The first-order chi connectivity index (χ1) is 22.3. The number of ether oxygens (including phenoxy) is 2. The van der Waals surface area contributed by atoms with Gasteiger partial charge in [0.15, 0.2) is 6.10 Å². The summed E-state index contributed by atoms with van der Waals surface area (Å²) >= 11 is 0. The molecule has 9 heteroatoms. The second kappa shape index (κ2) is 33.9. The van der Waals surface area contributed by atoms with Crippen LogP contribution < -0.4 is 0 Å². The maximum absolute atomic E-state index is 12.4. The molecule has 1 N–H and O–H groups in total. The largest absolute Gasteiger partial charge is 0.472 e. The molecule has 0 amide bonds. The Morgan fingerprint density at radius 1 is 0.522 bits per heavy atom. The lowest BCUT2D eigenvalue weighted by Crippen LogP contribution is -2.29. The van der Waals surface area contributed by atoms with Gasteiger partial charge in [0.25, 0.3) is 0 Å². The van der Waals surface area contributed by atoms with Gasteiger partial charge in [-0.05, 0) is 12.8 Å². The molecule has 0 rings (SSSR count). The summed E-state index contributed by atoms with van der Waals surface area (Å²) in [4.78, 5) is 34.3. The van der Waals surface area contributed by atoms with Crippen molar-refractivity contribution in [3.63, 3.8) is 0 Å². The molecule has 0 fully saturated rings. The van der Waals surface area contributed by atoms with E-state index in [1.807, 2.05) is 0 Å². The van der Waals surface area contributed by atoms with Crippen molar-refractivity contribution < 1.29 is 37.6 Å². The Balaban J connectivity index is 4.01. The highest BCUT2D eigenvalue weighted by Gasteiger charge is 2.24. The molecule has 0 spiro atoms. The van der Waals surface area contributed by atoms with E-state index in [1.165, 1.54) is 135 Å². The van der Waals surface area contributed by atoms with Gasteiger partial charge >= 0.3 is 19.8 Å². The number of hydrogen-bond acceptors (Lipinski definition) is 7. The van der Waals surface area contributed by atoms with Crippen molar-refractivity contribution in [2.24, 2.45) is 0 Å². The zero-order valence-electron chi connectivity index (χ0n) is 30.2. The zero-order valence-corrected chi connectivity index (χ0v) is 31.1. The van der Waals surface area contributed by atoms with Gasteiger partial charge in [-0.3, -0.25) is 18.6 Å². The van der Waals surface area contributed by atoms with Crippen LogP contribution >= 0.6 is 7.82 Å². The van der Waals surface area contributed by atoms with E-state index in [-0.39, 0.29) is 19.0 Å². The summed E-state index contributed by atoms with van der Waals surface area (Å²) in [5.41, 5.74) is 0. The van der Waals surface area contributed by atoms with Crippen molar-refractivity contribution in [2.45, 2.75) is 206 Å². The van der Waals surface area contributed by atoms with Crippen molar-refractivity contribution in [2.75, 3.05) is 20.3 Å². The van der Waals surface area contributed by atoms with Gasteiger partial charge in [0.1, 0.15) is 6.61 Å². The third-order valence-corrected chi connectivity index (χ3v) is 9.54. The smallest absolute Gasteiger partial charge is 0.462 e. The van der Waals surface area contributed by atoms with Gasteiger partial charge in [0, 0.05) is 20.0 Å². The van der Waals surface area contributed by atoms with Crippen LogP contribution in [0.5, 0.6) is 0 Å². The Morgan fingerprint density at radius 2 is 0.848 bits per heavy atom. The Labute approximate surface area is 283 Å². The third-order valence-electron chi connectivity index (χ3n) is 8.60. The summed E-state index contributed by atoms with van der Waals surface area (Å²) in [5.74, 6) is -0.791. The third kappa shape index (κ3) is 33.0. The van der Waals surface area contributed by atoms with Crippen LogP contribution in [0.25, 0.3) is 0 Å². The molecule has 2 atom stereocenters. The van der Waals surface area contributed by atoms with Crippen LogP contribution in [0.1, 0.15) is 200 Å². The Hall–Kier alpha value is -0.950. The molecule has 0 aliphatic heterocycles. The highest BCUT2D eigenvalue weighted by atomic mass is 31.2. The molecular formula is C37H73O8P. The molecule has 0 aliphatic rings. The zero-order chi connectivity index (χ0) is 34.0. The highest BCUT2D eigenvalue weighted by Crippen LogP contribution is 2.42. The van der Waals surface area contributed by atoms with E-state index < -0.39 is 26.5 Å². The molecule has 0 saturated heterocycles. The van der Waals surface area contributed by atoms with Crippen molar-refractivity contribution in [1.82, 2.24) is 0 Å². The van der Waals surface area contributed by atoms with Gasteiger partial charge in [-0.1, -0.05) is 174 Å². The quantitative estimate of drug-likeness (QED) is 0.0397. The molecule has 0 saturated carbocycles. The van der Waals surface area contributed by atoms with E-state index in [4.69, 9.17) is 14.0 Å². The number of phosphoric ester groups is 1. The van der Waals surface area contributed by atoms with E-state index in [0.29, 0.717) is 6.42 Å². The first kappa shape index (κ1) is 45.0. The fourth-order valence-electron chi connectivity index (χ4n) is 5.60. The van der Waals surface area contributed by atoms with Gasteiger partial charge in [0.2, 0.25) is 0 Å². The number of carbonyl (C=O) groups excluding carboxylic acids is 2. The van der Waals surface area contributed by atoms with Crippen LogP contribution in [-0.4, -0.2) is 43.3 Å². The van der Waals surface area contributed by atoms with E-state index in [9.17, 15) is 19.0 Å². The number of esters is 2. The van der Waals surface area contributed by atoms with Crippen molar-refractivity contribution in [3.8, 4) is 0 Å². The number of hydrogen-bond donors (Lipinski definition) is 1. The molecule has 0 aliphatic carbocycles. The predicted molar refractivity (Wildman–Crippen MR) is 189 cm³/mol. The van der Waals surface area contributed by atoms with Gasteiger partial charge < -0.3 is 14.4 Å². The van der Waals surface area contributed by atoms with E-state index >= 15 is 0 Å². The van der Waals surface area contributed by atoms with Gasteiger partial charge in [-0.15, -0.1) is 0 Å². The fourth-order valence-corrected chi connectivity index (χ4v) is 6.06. The van der Waals surface area contributed by atoms with Crippen LogP contribution in [0.15, 0.2) is 0 Å². The summed E-state index contributed by atoms with van der Waals surface area (Å²) in [6.45, 7) is 3.89. The predicted octanol–water partition coefficient (Wildman–Crippen LogP) is 11.6. The average molecular weight is 677 g/mol. The number of rotatable bonds is 36. The van der Waals surface area contributed by atoms with Crippen LogP contribution in [0, 0.1) is 0 Å². The van der Waals surface area contributed by atoms with Gasteiger partial charge in [0.05, 0.1) is 6.61 Å². The van der Waals surface area contributed by atoms with Crippen molar-refractivity contribution >= 4 is 19.8 Å². The Bertz CT molecular complexity index is 732. The molecule has 0 aromatic heterocycles. The molecule has 274 valence electrons. The molecule has 0 radical (unpaired) electrons. The second-order valence-electron chi connectivity index (χ2n) is 13.1. The second-order valence-corrected chi connectivity index (χ2v) is 14.6. The number of carbonyl (C=O) groups is 2. The van der Waals surface area contributed by atoms with Crippen LogP contribution in [0.4, 0.5) is 0 Å². The number of phosphoric acid groups is 1. The fraction of sp³-hybridized carbons (Fsp3) is 0.946. The summed E-state index contributed by atoms with van der Waals surface area (Å²) in [6.07, 6.45) is 32.9. The Morgan fingerprint density at radius 3 is 1.20 bits per heavy atom. The van der Waals surface area contributed by atoms with E-state index in [1.54, 1.807) is 0 Å². The molecule has 0 aromatic rings. The van der Waals surface area contributed by atoms with Crippen LogP contribution in [-0.2, 0) is 32.7 Å². The van der Waals surface area contributed by atoms with E-state index in [0.717, 1.165) is 45.6 Å².